The lowest BCUT2D eigenvalue weighted by molar-refractivity contribution is -0.144. The summed E-state index contributed by atoms with van der Waals surface area (Å²) in [7, 11) is 2.01. The van der Waals surface area contributed by atoms with Crippen LogP contribution in [0.15, 0.2) is 16.3 Å². The summed E-state index contributed by atoms with van der Waals surface area (Å²) >= 11 is 0. The number of fused-ring (bicyclic) bond motifs is 1. The Labute approximate surface area is 165 Å². The van der Waals surface area contributed by atoms with Crippen LogP contribution in [0.5, 0.6) is 0 Å². The molecule has 0 spiro atoms. The topological polar surface area (TPSA) is 45.1 Å². The number of amidine groups is 1. The Kier molecular flexibility index (Phi) is 6.45. The van der Waals surface area contributed by atoms with Crippen molar-refractivity contribution in [2.24, 2.45) is 21.7 Å². The van der Waals surface area contributed by atoms with E-state index in [1.54, 1.807) is 0 Å². The van der Waals surface area contributed by atoms with E-state index in [2.05, 4.69) is 58.3 Å². The number of hydrogen-bond acceptors (Lipinski definition) is 5. The van der Waals surface area contributed by atoms with Gasteiger partial charge >= 0.3 is 5.97 Å². The van der Waals surface area contributed by atoms with Crippen LogP contribution >= 0.6 is 0 Å². The van der Waals surface area contributed by atoms with Crippen molar-refractivity contribution in [2.45, 2.75) is 67.9 Å². The summed E-state index contributed by atoms with van der Waals surface area (Å²) in [6.07, 6.45) is 1.05. The Bertz CT molecular complexity index is 622. The maximum Gasteiger partial charge on any atom is 0.320 e. The molecule has 5 heteroatoms. The van der Waals surface area contributed by atoms with Gasteiger partial charge in [0.2, 0.25) is 0 Å². The summed E-state index contributed by atoms with van der Waals surface area (Å²) in [4.78, 5) is 21.4. The fraction of sp³-hybridized carbons (Fsp3) is 0.818. The first-order valence-corrected chi connectivity index (χ1v) is 10.2. The first kappa shape index (κ1) is 21.9. The van der Waals surface area contributed by atoms with Crippen LogP contribution in [-0.2, 0) is 9.53 Å². The Hall–Kier alpha value is -1.36. The average molecular weight is 378 g/mol. The number of likely N-dealkylation sites (N-methyl/N-ethyl adjacent to an activating group) is 1. The van der Waals surface area contributed by atoms with E-state index in [1.807, 2.05) is 14.0 Å². The number of rotatable bonds is 5. The molecule has 0 aliphatic carbocycles. The van der Waals surface area contributed by atoms with Crippen LogP contribution in [0.4, 0.5) is 0 Å². The summed E-state index contributed by atoms with van der Waals surface area (Å²) in [5, 5.41) is 0. The second kappa shape index (κ2) is 7.94. The predicted molar refractivity (Wildman–Crippen MR) is 112 cm³/mol. The highest BCUT2D eigenvalue weighted by atomic mass is 16.5. The zero-order valence-electron chi connectivity index (χ0n) is 18.8. The van der Waals surface area contributed by atoms with Crippen molar-refractivity contribution in [1.82, 2.24) is 9.80 Å². The maximum absolute atomic E-state index is 11.8. The second-order valence-corrected chi connectivity index (χ2v) is 10.2. The number of nitrogens with zero attached hydrogens (tertiary/aromatic N) is 3. The maximum atomic E-state index is 11.8. The molecule has 27 heavy (non-hydrogen) atoms. The molecule has 0 N–H and O–H groups in total. The molecule has 0 aromatic carbocycles. The minimum Gasteiger partial charge on any atom is -0.465 e. The molecule has 0 aromatic heterocycles. The molecule has 2 unspecified atom stereocenters. The van der Waals surface area contributed by atoms with Gasteiger partial charge in [0, 0.05) is 18.8 Å². The molecule has 5 nitrogen and oxygen atoms in total. The lowest BCUT2D eigenvalue weighted by Crippen LogP contribution is -2.42. The van der Waals surface area contributed by atoms with E-state index in [9.17, 15) is 4.79 Å². The quantitative estimate of drug-likeness (QED) is 0.681. The molecule has 2 aliphatic heterocycles. The molecular weight excluding hydrogens is 338 g/mol. The summed E-state index contributed by atoms with van der Waals surface area (Å²) in [5.41, 5.74) is 3.13. The first-order chi connectivity index (χ1) is 12.3. The van der Waals surface area contributed by atoms with Crippen molar-refractivity contribution in [3.8, 4) is 0 Å². The monoisotopic (exact) mass is 377 g/mol. The van der Waals surface area contributed by atoms with Crippen LogP contribution in [0, 0.1) is 16.7 Å². The van der Waals surface area contributed by atoms with Gasteiger partial charge in [-0.1, -0.05) is 41.5 Å². The van der Waals surface area contributed by atoms with Crippen molar-refractivity contribution in [3.63, 3.8) is 0 Å². The Morgan fingerprint density at radius 2 is 1.89 bits per heavy atom. The van der Waals surface area contributed by atoms with Crippen LogP contribution in [0.25, 0.3) is 0 Å². The standard InChI is InChI=1S/C22H39N3O2/c1-10-27-18(26)14-24(9)12-16-11-17-19(21(3,4)5)20(22(6,7)8)23-15(2)25(17)13-16/h16,20H,10-14H2,1-9H3. The van der Waals surface area contributed by atoms with Crippen molar-refractivity contribution in [1.29, 1.82) is 0 Å². The number of ether oxygens (including phenoxy) is 1. The number of carbonyl (C=O) groups excluding carboxylic acids is 1. The molecule has 2 heterocycles. The van der Waals surface area contributed by atoms with E-state index in [-0.39, 0.29) is 22.8 Å². The molecule has 0 aromatic rings. The molecule has 2 atom stereocenters. The third-order valence-corrected chi connectivity index (χ3v) is 5.44. The summed E-state index contributed by atoms with van der Waals surface area (Å²) in [5.74, 6) is 1.49. The lowest BCUT2D eigenvalue weighted by Gasteiger charge is -2.43. The lowest BCUT2D eigenvalue weighted by atomic mass is 9.71. The van der Waals surface area contributed by atoms with Gasteiger partial charge in [-0.15, -0.1) is 0 Å². The van der Waals surface area contributed by atoms with Gasteiger partial charge in [0.15, 0.2) is 0 Å². The van der Waals surface area contributed by atoms with Crippen molar-refractivity contribution in [3.05, 3.63) is 11.3 Å². The third-order valence-electron chi connectivity index (χ3n) is 5.44. The second-order valence-electron chi connectivity index (χ2n) is 10.2. The van der Waals surface area contributed by atoms with Gasteiger partial charge in [0.05, 0.1) is 19.2 Å². The molecule has 0 bridgehead atoms. The van der Waals surface area contributed by atoms with Gasteiger partial charge < -0.3 is 9.64 Å². The number of carbonyl (C=O) groups is 1. The largest absolute Gasteiger partial charge is 0.465 e. The highest BCUT2D eigenvalue weighted by molar-refractivity contribution is 5.84. The molecule has 154 valence electrons. The third kappa shape index (κ3) is 5.13. The van der Waals surface area contributed by atoms with Gasteiger partial charge in [-0.25, -0.2) is 0 Å². The summed E-state index contributed by atoms with van der Waals surface area (Å²) in [6.45, 7) is 20.4. The minimum absolute atomic E-state index is 0.0848. The first-order valence-electron chi connectivity index (χ1n) is 10.2. The predicted octanol–water partition coefficient (Wildman–Crippen LogP) is 3.95. The Balaban J connectivity index is 2.23. The highest BCUT2D eigenvalue weighted by Gasteiger charge is 2.43. The van der Waals surface area contributed by atoms with Gasteiger partial charge in [0.25, 0.3) is 0 Å². The molecule has 0 saturated carbocycles. The molecule has 1 fully saturated rings. The number of esters is 1. The number of allylic oxidation sites excluding steroid dienone is 1. The van der Waals surface area contributed by atoms with Crippen LogP contribution in [-0.4, -0.2) is 60.9 Å². The van der Waals surface area contributed by atoms with Crippen molar-refractivity contribution < 1.29 is 9.53 Å². The Morgan fingerprint density at radius 3 is 2.41 bits per heavy atom. The summed E-state index contributed by atoms with van der Waals surface area (Å²) in [6, 6.07) is 0.222. The van der Waals surface area contributed by atoms with Gasteiger partial charge in [-0.05, 0) is 49.6 Å². The van der Waals surface area contributed by atoms with Gasteiger partial charge in [-0.3, -0.25) is 14.7 Å². The molecule has 2 aliphatic rings. The molecule has 1 saturated heterocycles. The van der Waals surface area contributed by atoms with E-state index in [0.29, 0.717) is 19.1 Å². The van der Waals surface area contributed by atoms with Crippen molar-refractivity contribution >= 4 is 11.8 Å². The van der Waals surface area contributed by atoms with Crippen LogP contribution in [0.1, 0.15) is 61.8 Å². The minimum atomic E-state index is -0.143. The number of aliphatic imine (C=N–C) groups is 1. The van der Waals surface area contributed by atoms with E-state index in [4.69, 9.17) is 9.73 Å². The van der Waals surface area contributed by atoms with Crippen LogP contribution < -0.4 is 0 Å². The van der Waals surface area contributed by atoms with Crippen LogP contribution in [0.3, 0.4) is 0 Å². The molecule has 0 radical (unpaired) electrons. The van der Waals surface area contributed by atoms with Crippen molar-refractivity contribution in [2.75, 3.05) is 33.3 Å². The van der Waals surface area contributed by atoms with Crippen LogP contribution in [0.2, 0.25) is 0 Å². The fourth-order valence-electron chi connectivity index (χ4n) is 4.40. The smallest absolute Gasteiger partial charge is 0.320 e. The van der Waals surface area contributed by atoms with E-state index < -0.39 is 0 Å². The normalized spacial score (nSPS) is 23.6. The fourth-order valence-corrected chi connectivity index (χ4v) is 4.40. The van der Waals surface area contributed by atoms with E-state index >= 15 is 0 Å². The molecule has 0 amide bonds. The zero-order chi connectivity index (χ0) is 20.6. The average Bonchev–Trinajstić information content (AvgIpc) is 2.88. The van der Waals surface area contributed by atoms with E-state index in [0.717, 1.165) is 25.3 Å². The Morgan fingerprint density at radius 1 is 1.26 bits per heavy atom. The van der Waals surface area contributed by atoms with Gasteiger partial charge in [0.1, 0.15) is 5.84 Å². The van der Waals surface area contributed by atoms with Gasteiger partial charge in [-0.2, -0.15) is 0 Å². The molecule has 2 rings (SSSR count). The highest BCUT2D eigenvalue weighted by Crippen LogP contribution is 2.46. The van der Waals surface area contributed by atoms with E-state index in [1.165, 1.54) is 11.3 Å². The SMILES string of the molecule is CCOC(=O)CN(C)CC1CC2=C(C(C)(C)C)C(C(C)(C)C)N=C(C)N2C1. The number of hydrogen-bond donors (Lipinski definition) is 0. The zero-order valence-corrected chi connectivity index (χ0v) is 18.8. The summed E-state index contributed by atoms with van der Waals surface area (Å²) < 4.78 is 5.08. The molecular formula is C22H39N3O2.